The lowest BCUT2D eigenvalue weighted by atomic mass is 9.90. The highest BCUT2D eigenvalue weighted by molar-refractivity contribution is 6.31. The molecule has 0 radical (unpaired) electrons. The van der Waals surface area contributed by atoms with Gasteiger partial charge in [0.15, 0.2) is 0 Å². The molecule has 8 nitrogen and oxygen atoms in total. The van der Waals surface area contributed by atoms with Crippen molar-refractivity contribution < 1.29 is 34.7 Å². The van der Waals surface area contributed by atoms with Crippen LogP contribution in [0.3, 0.4) is 0 Å². The lowest BCUT2D eigenvalue weighted by molar-refractivity contribution is -0.231. The van der Waals surface area contributed by atoms with Crippen LogP contribution in [0.4, 0.5) is 0 Å². The molecule has 2 aromatic rings. The van der Waals surface area contributed by atoms with E-state index in [1.165, 1.54) is 0 Å². The summed E-state index contributed by atoms with van der Waals surface area (Å²) in [5.41, 5.74) is 2.41. The number of aliphatic hydroxyl groups excluding tert-OH is 4. The van der Waals surface area contributed by atoms with Gasteiger partial charge in [0.1, 0.15) is 36.3 Å². The second kappa shape index (κ2) is 10.6. The molecule has 0 spiro atoms. The Morgan fingerprint density at radius 1 is 1.09 bits per heavy atom. The molecule has 184 valence electrons. The van der Waals surface area contributed by atoms with Crippen molar-refractivity contribution in [2.75, 3.05) is 26.3 Å². The van der Waals surface area contributed by atoms with Gasteiger partial charge in [0.05, 0.1) is 13.2 Å². The molecule has 2 saturated heterocycles. The highest BCUT2D eigenvalue weighted by Gasteiger charge is 2.44. The Balaban J connectivity index is 1.39. The first kappa shape index (κ1) is 24.9. The van der Waals surface area contributed by atoms with Crippen molar-refractivity contribution in [1.29, 1.82) is 0 Å². The first-order valence-corrected chi connectivity index (χ1v) is 11.7. The Kier molecular flexibility index (Phi) is 7.77. The maximum atomic E-state index is 11.3. The Labute approximate surface area is 203 Å². The Hall–Kier alpha value is -2.20. The van der Waals surface area contributed by atoms with E-state index in [0.717, 1.165) is 30.0 Å². The van der Waals surface area contributed by atoms with E-state index in [1.807, 2.05) is 24.3 Å². The summed E-state index contributed by atoms with van der Waals surface area (Å²) in [6.07, 6.45) is -5.54. The van der Waals surface area contributed by atoms with Gasteiger partial charge in [0.25, 0.3) is 0 Å². The van der Waals surface area contributed by atoms with E-state index < -0.39 is 37.1 Å². The third-order valence-electron chi connectivity index (χ3n) is 6.50. The largest absolute Gasteiger partial charge is 0.493 e. The number of likely N-dealkylation sites (tertiary alicyclic amines) is 1. The Morgan fingerprint density at radius 3 is 2.44 bits per heavy atom. The monoisotopic (exact) mass is 491 g/mol. The lowest BCUT2D eigenvalue weighted by Crippen LogP contribution is -2.55. The first-order chi connectivity index (χ1) is 16.3. The van der Waals surface area contributed by atoms with Crippen molar-refractivity contribution in [2.24, 2.45) is 5.92 Å². The topological polar surface area (TPSA) is 120 Å². The fraction of sp³-hybridized carbons (Fsp3) is 0.480. The summed E-state index contributed by atoms with van der Waals surface area (Å²) in [6, 6.07) is 12.9. The quantitative estimate of drug-likeness (QED) is 0.461. The van der Waals surface area contributed by atoms with Crippen molar-refractivity contribution in [3.63, 3.8) is 0 Å². The molecule has 5 atom stereocenters. The van der Waals surface area contributed by atoms with Crippen molar-refractivity contribution >= 4 is 17.5 Å². The van der Waals surface area contributed by atoms with Gasteiger partial charge in [0, 0.05) is 31.0 Å². The number of aliphatic hydroxyl groups is 4. The van der Waals surface area contributed by atoms with Crippen LogP contribution >= 0.6 is 11.6 Å². The van der Waals surface area contributed by atoms with Gasteiger partial charge >= 0.3 is 0 Å². The van der Waals surface area contributed by atoms with Crippen molar-refractivity contribution in [1.82, 2.24) is 4.90 Å². The molecule has 2 aliphatic heterocycles. The molecule has 2 aromatic carbocycles. The molecular weight excluding hydrogens is 462 g/mol. The molecule has 2 aliphatic rings. The van der Waals surface area contributed by atoms with Crippen molar-refractivity contribution in [2.45, 2.75) is 43.9 Å². The summed E-state index contributed by atoms with van der Waals surface area (Å²) >= 11 is 6.42. The highest BCUT2D eigenvalue weighted by Crippen LogP contribution is 2.34. The van der Waals surface area contributed by atoms with Gasteiger partial charge in [-0.3, -0.25) is 4.79 Å². The molecule has 2 fully saturated rings. The SMILES string of the molecule is CC(=O)N1CC(COc2ccc(Cc3cc([C@@H]4O[C@H](CO)[C@@H](O)C(O)[C@H]4O)ccc3Cl)cc2)C1. The predicted octanol–water partition coefficient (Wildman–Crippen LogP) is 1.30. The number of hydrogen-bond acceptors (Lipinski definition) is 7. The van der Waals surface area contributed by atoms with Crippen LogP contribution in [0.25, 0.3) is 0 Å². The van der Waals surface area contributed by atoms with Crippen molar-refractivity contribution in [3.8, 4) is 5.75 Å². The van der Waals surface area contributed by atoms with E-state index in [4.69, 9.17) is 21.1 Å². The van der Waals surface area contributed by atoms with Crippen LogP contribution in [0.2, 0.25) is 5.02 Å². The number of nitrogens with zero attached hydrogens (tertiary/aromatic N) is 1. The molecule has 9 heteroatoms. The number of amides is 1. The maximum Gasteiger partial charge on any atom is 0.219 e. The number of carbonyl (C=O) groups excluding carboxylic acids is 1. The molecule has 0 saturated carbocycles. The van der Waals surface area contributed by atoms with Crippen LogP contribution in [0.1, 0.15) is 29.7 Å². The molecule has 1 unspecified atom stereocenters. The molecule has 2 heterocycles. The minimum atomic E-state index is -1.44. The third-order valence-corrected chi connectivity index (χ3v) is 6.87. The van der Waals surface area contributed by atoms with Gasteiger partial charge in [0.2, 0.25) is 5.91 Å². The smallest absolute Gasteiger partial charge is 0.219 e. The molecule has 4 N–H and O–H groups in total. The standard InChI is InChI=1S/C25H30ClNO7/c1-14(29)27-10-16(11-27)13-33-19-5-2-15(3-6-19)8-18-9-17(4-7-20(18)26)25-24(32)23(31)22(30)21(12-28)34-25/h2-7,9,16,21-25,28,30-32H,8,10-13H2,1H3/t21-,22-,23?,24-,25+/m1/s1. The van der Waals surface area contributed by atoms with Gasteiger partial charge < -0.3 is 34.8 Å². The predicted molar refractivity (Wildman–Crippen MR) is 125 cm³/mol. The van der Waals surface area contributed by atoms with Crippen LogP contribution in [0.15, 0.2) is 42.5 Å². The molecule has 0 aliphatic carbocycles. The Bertz CT molecular complexity index is 993. The molecule has 34 heavy (non-hydrogen) atoms. The summed E-state index contributed by atoms with van der Waals surface area (Å²) in [4.78, 5) is 13.1. The summed E-state index contributed by atoms with van der Waals surface area (Å²) in [5, 5.41) is 40.5. The zero-order chi connectivity index (χ0) is 24.4. The summed E-state index contributed by atoms with van der Waals surface area (Å²) in [7, 11) is 0. The van der Waals surface area contributed by atoms with Gasteiger partial charge in [-0.25, -0.2) is 0 Å². The molecule has 0 aromatic heterocycles. The molecule has 4 rings (SSSR count). The summed E-state index contributed by atoms with van der Waals surface area (Å²) in [6.45, 7) is 3.12. The van der Waals surface area contributed by atoms with Gasteiger partial charge in [-0.2, -0.15) is 0 Å². The van der Waals surface area contributed by atoms with Crippen LogP contribution in [-0.2, 0) is 16.0 Å². The average molecular weight is 492 g/mol. The van der Waals surface area contributed by atoms with Gasteiger partial charge in [-0.15, -0.1) is 0 Å². The van der Waals surface area contributed by atoms with E-state index in [9.17, 15) is 25.2 Å². The average Bonchev–Trinajstić information content (AvgIpc) is 2.79. The van der Waals surface area contributed by atoms with Gasteiger partial charge in [-0.05, 0) is 41.3 Å². The van der Waals surface area contributed by atoms with E-state index >= 15 is 0 Å². The van der Waals surface area contributed by atoms with Gasteiger partial charge in [-0.1, -0.05) is 35.9 Å². The van der Waals surface area contributed by atoms with Crippen LogP contribution in [0.5, 0.6) is 5.75 Å². The molecular formula is C25H30ClNO7. The van der Waals surface area contributed by atoms with Crippen molar-refractivity contribution in [3.05, 3.63) is 64.2 Å². The maximum absolute atomic E-state index is 11.3. The lowest BCUT2D eigenvalue weighted by Gasteiger charge is -2.40. The number of hydrogen-bond donors (Lipinski definition) is 4. The number of rotatable bonds is 7. The van der Waals surface area contributed by atoms with E-state index in [-0.39, 0.29) is 5.91 Å². The third kappa shape index (κ3) is 5.38. The highest BCUT2D eigenvalue weighted by atomic mass is 35.5. The zero-order valence-corrected chi connectivity index (χ0v) is 19.6. The van der Waals surface area contributed by atoms with E-state index in [1.54, 1.807) is 30.0 Å². The minimum absolute atomic E-state index is 0.0925. The zero-order valence-electron chi connectivity index (χ0n) is 18.9. The molecule has 1 amide bonds. The second-order valence-corrected chi connectivity index (χ2v) is 9.43. The normalized spacial score (nSPS) is 27.4. The van der Waals surface area contributed by atoms with Crippen LogP contribution < -0.4 is 4.74 Å². The number of carbonyl (C=O) groups is 1. The fourth-order valence-corrected chi connectivity index (χ4v) is 4.54. The first-order valence-electron chi connectivity index (χ1n) is 11.3. The number of benzene rings is 2. The number of halogens is 1. The van der Waals surface area contributed by atoms with E-state index in [2.05, 4.69) is 0 Å². The second-order valence-electron chi connectivity index (χ2n) is 9.02. The minimum Gasteiger partial charge on any atom is -0.493 e. The van der Waals surface area contributed by atoms with E-state index in [0.29, 0.717) is 29.5 Å². The molecule has 0 bridgehead atoms. The summed E-state index contributed by atoms with van der Waals surface area (Å²) in [5.74, 6) is 1.20. The number of ether oxygens (including phenoxy) is 2. The van der Waals surface area contributed by atoms with Crippen LogP contribution in [-0.4, -0.2) is 82.0 Å². The Morgan fingerprint density at radius 2 is 1.79 bits per heavy atom. The summed E-state index contributed by atoms with van der Waals surface area (Å²) < 4.78 is 11.5. The fourth-order valence-electron chi connectivity index (χ4n) is 4.35. The van der Waals surface area contributed by atoms with Crippen LogP contribution in [0, 0.1) is 5.92 Å².